The van der Waals surface area contributed by atoms with Gasteiger partial charge in [-0.2, -0.15) is 0 Å². The van der Waals surface area contributed by atoms with Gasteiger partial charge in [0, 0.05) is 18.8 Å². The molecule has 17 heavy (non-hydrogen) atoms. The van der Waals surface area contributed by atoms with E-state index in [0.717, 1.165) is 25.9 Å². The minimum absolute atomic E-state index is 0.0277. The first-order chi connectivity index (χ1) is 8.24. The van der Waals surface area contributed by atoms with Crippen molar-refractivity contribution in [3.63, 3.8) is 0 Å². The standard InChI is InChI=1S/C13H17NO2S/c1-2-17(16)12-8-4-3-7-11(12)13(15)14-9-5-6-10-14/h3-4,7-8H,2,5-6,9-10H2,1H3. The van der Waals surface area contributed by atoms with Crippen LogP contribution in [0, 0.1) is 0 Å². The van der Waals surface area contributed by atoms with Crippen molar-refractivity contribution in [2.75, 3.05) is 18.8 Å². The minimum Gasteiger partial charge on any atom is -0.339 e. The molecule has 1 heterocycles. The average Bonchev–Trinajstić information content (AvgIpc) is 2.91. The SMILES string of the molecule is CCS(=O)c1ccccc1C(=O)N1CCCC1. The maximum absolute atomic E-state index is 12.3. The van der Waals surface area contributed by atoms with Crippen molar-refractivity contribution in [2.24, 2.45) is 0 Å². The number of carbonyl (C=O) groups is 1. The Bertz CT molecular complexity index is 439. The van der Waals surface area contributed by atoms with E-state index in [4.69, 9.17) is 0 Å². The van der Waals surface area contributed by atoms with Crippen molar-refractivity contribution in [3.8, 4) is 0 Å². The van der Waals surface area contributed by atoms with Crippen LogP contribution in [-0.4, -0.2) is 33.9 Å². The molecule has 0 aromatic heterocycles. The number of hydrogen-bond donors (Lipinski definition) is 0. The van der Waals surface area contributed by atoms with E-state index in [1.54, 1.807) is 12.1 Å². The van der Waals surface area contributed by atoms with Gasteiger partial charge in [0.25, 0.3) is 5.91 Å². The molecular weight excluding hydrogens is 234 g/mol. The van der Waals surface area contributed by atoms with Crippen molar-refractivity contribution < 1.29 is 9.00 Å². The summed E-state index contributed by atoms with van der Waals surface area (Å²) in [6, 6.07) is 7.25. The van der Waals surface area contributed by atoms with Crippen molar-refractivity contribution in [1.29, 1.82) is 0 Å². The molecule has 1 aromatic carbocycles. The topological polar surface area (TPSA) is 37.4 Å². The van der Waals surface area contributed by atoms with E-state index in [2.05, 4.69) is 0 Å². The summed E-state index contributed by atoms with van der Waals surface area (Å²) in [5, 5.41) is 0. The molecule has 1 unspecified atom stereocenters. The van der Waals surface area contributed by atoms with E-state index in [0.29, 0.717) is 16.2 Å². The van der Waals surface area contributed by atoms with Crippen LogP contribution in [0.4, 0.5) is 0 Å². The summed E-state index contributed by atoms with van der Waals surface area (Å²) in [6.45, 7) is 3.52. The largest absolute Gasteiger partial charge is 0.339 e. The van der Waals surface area contributed by atoms with Gasteiger partial charge in [0.1, 0.15) is 0 Å². The van der Waals surface area contributed by atoms with Crippen LogP contribution in [-0.2, 0) is 10.8 Å². The highest BCUT2D eigenvalue weighted by Gasteiger charge is 2.22. The van der Waals surface area contributed by atoms with Crippen molar-refractivity contribution in [2.45, 2.75) is 24.7 Å². The monoisotopic (exact) mass is 251 g/mol. The first kappa shape index (κ1) is 12.3. The Labute approximate surface area is 104 Å². The number of nitrogens with zero attached hydrogens (tertiary/aromatic N) is 1. The van der Waals surface area contributed by atoms with Crippen LogP contribution in [0.5, 0.6) is 0 Å². The summed E-state index contributed by atoms with van der Waals surface area (Å²) in [5.74, 6) is 0.574. The minimum atomic E-state index is -1.07. The molecule has 92 valence electrons. The molecule has 1 saturated heterocycles. The normalized spacial score (nSPS) is 17.1. The zero-order valence-electron chi connectivity index (χ0n) is 10.0. The van der Waals surface area contributed by atoms with Crippen molar-refractivity contribution in [1.82, 2.24) is 4.90 Å². The molecule has 1 atom stereocenters. The van der Waals surface area contributed by atoms with E-state index in [-0.39, 0.29) is 5.91 Å². The predicted octanol–water partition coefficient (Wildman–Crippen LogP) is 2.05. The maximum Gasteiger partial charge on any atom is 0.255 e. The molecule has 1 aromatic rings. The third kappa shape index (κ3) is 2.57. The molecule has 0 aliphatic carbocycles. The Morgan fingerprint density at radius 1 is 1.29 bits per heavy atom. The van der Waals surface area contributed by atoms with Crippen LogP contribution in [0.1, 0.15) is 30.1 Å². The average molecular weight is 251 g/mol. The Kier molecular flexibility index (Phi) is 3.94. The summed E-state index contributed by atoms with van der Waals surface area (Å²) < 4.78 is 11.9. The van der Waals surface area contributed by atoms with E-state index < -0.39 is 10.8 Å². The van der Waals surface area contributed by atoms with Gasteiger partial charge in [0.2, 0.25) is 0 Å². The molecule has 1 aliphatic heterocycles. The Balaban J connectivity index is 2.30. The Morgan fingerprint density at radius 2 is 1.94 bits per heavy atom. The number of likely N-dealkylation sites (tertiary alicyclic amines) is 1. The third-order valence-corrected chi connectivity index (χ3v) is 4.39. The second-order valence-corrected chi connectivity index (χ2v) is 5.84. The predicted molar refractivity (Wildman–Crippen MR) is 68.5 cm³/mol. The molecule has 0 saturated carbocycles. The molecule has 1 amide bonds. The zero-order chi connectivity index (χ0) is 12.3. The Hall–Kier alpha value is -1.16. The second-order valence-electron chi connectivity index (χ2n) is 4.13. The van der Waals surface area contributed by atoms with Crippen LogP contribution in [0.15, 0.2) is 29.2 Å². The second kappa shape index (κ2) is 5.45. The van der Waals surface area contributed by atoms with E-state index in [1.165, 1.54) is 0 Å². The lowest BCUT2D eigenvalue weighted by molar-refractivity contribution is 0.0789. The van der Waals surface area contributed by atoms with Crippen molar-refractivity contribution >= 4 is 16.7 Å². The molecule has 0 N–H and O–H groups in total. The molecule has 1 fully saturated rings. The van der Waals surface area contributed by atoms with Gasteiger partial charge in [-0.15, -0.1) is 0 Å². The molecular formula is C13H17NO2S. The fraction of sp³-hybridized carbons (Fsp3) is 0.462. The van der Waals surface area contributed by atoms with Gasteiger partial charge in [-0.25, -0.2) is 0 Å². The van der Waals surface area contributed by atoms with Gasteiger partial charge >= 0.3 is 0 Å². The van der Waals surface area contributed by atoms with Crippen LogP contribution in [0.25, 0.3) is 0 Å². The first-order valence-corrected chi connectivity index (χ1v) is 7.32. The first-order valence-electron chi connectivity index (χ1n) is 6.00. The molecule has 0 bridgehead atoms. The summed E-state index contributed by atoms with van der Waals surface area (Å²) in [4.78, 5) is 14.8. The lowest BCUT2D eigenvalue weighted by atomic mass is 10.2. The molecule has 0 spiro atoms. The van der Waals surface area contributed by atoms with Crippen LogP contribution in [0.2, 0.25) is 0 Å². The van der Waals surface area contributed by atoms with Crippen molar-refractivity contribution in [3.05, 3.63) is 29.8 Å². The number of benzene rings is 1. The number of carbonyl (C=O) groups excluding carboxylic acids is 1. The summed E-state index contributed by atoms with van der Waals surface area (Å²) in [7, 11) is -1.07. The lowest BCUT2D eigenvalue weighted by Gasteiger charge is -2.17. The number of hydrogen-bond acceptors (Lipinski definition) is 2. The summed E-state index contributed by atoms with van der Waals surface area (Å²) in [6.07, 6.45) is 2.15. The van der Waals surface area contributed by atoms with Crippen LogP contribution < -0.4 is 0 Å². The van der Waals surface area contributed by atoms with Crippen LogP contribution in [0.3, 0.4) is 0 Å². The van der Waals surface area contributed by atoms with Gasteiger partial charge in [0.05, 0.1) is 21.3 Å². The number of amides is 1. The number of rotatable bonds is 3. The van der Waals surface area contributed by atoms with Gasteiger partial charge in [-0.05, 0) is 25.0 Å². The highest BCUT2D eigenvalue weighted by Crippen LogP contribution is 2.18. The fourth-order valence-electron chi connectivity index (χ4n) is 2.09. The van der Waals surface area contributed by atoms with Gasteiger partial charge in [0.15, 0.2) is 0 Å². The molecule has 0 radical (unpaired) electrons. The van der Waals surface area contributed by atoms with Gasteiger partial charge in [-0.3, -0.25) is 9.00 Å². The molecule has 4 heteroatoms. The maximum atomic E-state index is 12.3. The van der Waals surface area contributed by atoms with Crippen LogP contribution >= 0.6 is 0 Å². The molecule has 2 rings (SSSR count). The Morgan fingerprint density at radius 3 is 2.59 bits per heavy atom. The van der Waals surface area contributed by atoms with Gasteiger partial charge < -0.3 is 4.90 Å². The zero-order valence-corrected chi connectivity index (χ0v) is 10.8. The lowest BCUT2D eigenvalue weighted by Crippen LogP contribution is -2.28. The smallest absolute Gasteiger partial charge is 0.255 e. The summed E-state index contributed by atoms with van der Waals surface area (Å²) >= 11 is 0. The highest BCUT2D eigenvalue weighted by molar-refractivity contribution is 7.85. The fourth-order valence-corrected chi connectivity index (χ4v) is 3.03. The third-order valence-electron chi connectivity index (χ3n) is 3.02. The van der Waals surface area contributed by atoms with E-state index >= 15 is 0 Å². The van der Waals surface area contributed by atoms with E-state index in [1.807, 2.05) is 24.0 Å². The molecule has 3 nitrogen and oxygen atoms in total. The summed E-state index contributed by atoms with van der Waals surface area (Å²) in [5.41, 5.74) is 0.606. The highest BCUT2D eigenvalue weighted by atomic mass is 32.2. The van der Waals surface area contributed by atoms with E-state index in [9.17, 15) is 9.00 Å². The molecule has 1 aliphatic rings. The van der Waals surface area contributed by atoms with Gasteiger partial charge in [-0.1, -0.05) is 19.1 Å². The quantitative estimate of drug-likeness (QED) is 0.824.